The summed E-state index contributed by atoms with van der Waals surface area (Å²) in [5.74, 6) is 1.27. The first-order valence-electron chi connectivity index (χ1n) is 8.78. The third kappa shape index (κ3) is 4.86. The van der Waals surface area contributed by atoms with E-state index in [4.69, 9.17) is 15.2 Å². The van der Waals surface area contributed by atoms with E-state index >= 15 is 0 Å². The number of amides is 1. The summed E-state index contributed by atoms with van der Waals surface area (Å²) in [6, 6.07) is 13.4. The molecule has 144 valence electrons. The Morgan fingerprint density at radius 3 is 2.48 bits per heavy atom. The number of ether oxygens (including phenoxy) is 2. The van der Waals surface area contributed by atoms with Gasteiger partial charge in [0, 0.05) is 13.1 Å². The van der Waals surface area contributed by atoms with Crippen molar-refractivity contribution in [2.24, 2.45) is 0 Å². The highest BCUT2D eigenvalue weighted by molar-refractivity contribution is 9.10. The van der Waals surface area contributed by atoms with Crippen molar-refractivity contribution in [2.75, 3.05) is 24.1 Å². The van der Waals surface area contributed by atoms with Gasteiger partial charge < -0.3 is 25.4 Å². The van der Waals surface area contributed by atoms with Gasteiger partial charge in [-0.05, 0) is 61.0 Å². The first kappa shape index (κ1) is 19.4. The monoisotopic (exact) mass is 433 g/mol. The Balaban J connectivity index is 1.64. The van der Waals surface area contributed by atoms with Crippen molar-refractivity contribution >= 4 is 33.4 Å². The summed E-state index contributed by atoms with van der Waals surface area (Å²) in [4.78, 5) is 13.7. The second-order valence-corrected chi connectivity index (χ2v) is 8.33. The number of carbonyl (C=O) groups is 1. The predicted molar refractivity (Wildman–Crippen MR) is 110 cm³/mol. The quantitative estimate of drug-likeness (QED) is 0.673. The molecule has 1 aliphatic rings. The Bertz CT molecular complexity index is 815. The maximum absolute atomic E-state index is 12.0. The molecule has 6 nitrogen and oxygen atoms in total. The van der Waals surface area contributed by atoms with Crippen molar-refractivity contribution in [1.29, 1.82) is 0 Å². The lowest BCUT2D eigenvalue weighted by Gasteiger charge is -2.40. The number of halogens is 1. The van der Waals surface area contributed by atoms with E-state index in [2.05, 4.69) is 21.2 Å². The van der Waals surface area contributed by atoms with Crippen molar-refractivity contribution in [1.82, 2.24) is 4.90 Å². The van der Waals surface area contributed by atoms with Gasteiger partial charge in [-0.3, -0.25) is 0 Å². The highest BCUT2D eigenvalue weighted by Crippen LogP contribution is 2.40. The fourth-order valence-electron chi connectivity index (χ4n) is 2.67. The van der Waals surface area contributed by atoms with Crippen LogP contribution >= 0.6 is 15.9 Å². The lowest BCUT2D eigenvalue weighted by Crippen LogP contribution is -2.57. The van der Waals surface area contributed by atoms with Gasteiger partial charge in [-0.1, -0.05) is 18.2 Å². The molecule has 0 atom stereocenters. The van der Waals surface area contributed by atoms with Gasteiger partial charge in [0.25, 0.3) is 0 Å². The molecule has 1 fully saturated rings. The summed E-state index contributed by atoms with van der Waals surface area (Å²) >= 11 is 3.49. The summed E-state index contributed by atoms with van der Waals surface area (Å²) in [5, 5.41) is 3.37. The van der Waals surface area contributed by atoms with Gasteiger partial charge in [0.1, 0.15) is 11.4 Å². The number of nitrogens with zero attached hydrogens (tertiary/aromatic N) is 1. The topological polar surface area (TPSA) is 76.8 Å². The molecular weight excluding hydrogens is 410 g/mol. The van der Waals surface area contributed by atoms with E-state index < -0.39 is 5.60 Å². The Hall–Kier alpha value is -2.41. The van der Waals surface area contributed by atoms with E-state index in [0.717, 1.165) is 10.2 Å². The van der Waals surface area contributed by atoms with Crippen molar-refractivity contribution in [3.8, 4) is 11.5 Å². The molecule has 7 heteroatoms. The molecule has 0 spiro atoms. The number of hydrogen-bond acceptors (Lipinski definition) is 5. The number of para-hydroxylation sites is 1. The zero-order chi connectivity index (χ0) is 19.6. The van der Waals surface area contributed by atoms with Crippen molar-refractivity contribution in [2.45, 2.75) is 32.4 Å². The molecule has 1 saturated heterocycles. The van der Waals surface area contributed by atoms with Crippen LogP contribution in [-0.2, 0) is 4.74 Å². The lowest BCUT2D eigenvalue weighted by molar-refractivity contribution is 0.0105. The third-order valence-corrected chi connectivity index (χ3v) is 4.63. The molecule has 0 saturated carbocycles. The molecule has 0 radical (unpaired) electrons. The summed E-state index contributed by atoms with van der Waals surface area (Å²) < 4.78 is 12.1. The first-order valence-corrected chi connectivity index (χ1v) is 9.57. The predicted octanol–water partition coefficient (Wildman–Crippen LogP) is 4.85. The van der Waals surface area contributed by atoms with E-state index in [1.807, 2.05) is 63.2 Å². The van der Waals surface area contributed by atoms with Gasteiger partial charge >= 0.3 is 6.09 Å². The van der Waals surface area contributed by atoms with Crippen molar-refractivity contribution in [3.05, 3.63) is 46.9 Å². The molecule has 27 heavy (non-hydrogen) atoms. The van der Waals surface area contributed by atoms with Gasteiger partial charge in [-0.2, -0.15) is 0 Å². The summed E-state index contributed by atoms with van der Waals surface area (Å²) in [5.41, 5.74) is 7.12. The Labute approximate surface area is 167 Å². The average Bonchev–Trinajstić information content (AvgIpc) is 2.55. The number of carbonyl (C=O) groups excluding carboxylic acids is 1. The lowest BCUT2D eigenvalue weighted by atomic mass is 10.1. The van der Waals surface area contributed by atoms with Gasteiger partial charge in [-0.15, -0.1) is 0 Å². The zero-order valence-corrected chi connectivity index (χ0v) is 17.2. The van der Waals surface area contributed by atoms with Crippen LogP contribution in [-0.4, -0.2) is 35.7 Å². The van der Waals surface area contributed by atoms with Crippen LogP contribution in [0.4, 0.5) is 16.2 Å². The normalized spacial score (nSPS) is 14.4. The highest BCUT2D eigenvalue weighted by Gasteiger charge is 2.34. The second kappa shape index (κ2) is 7.68. The number of anilines is 2. The van der Waals surface area contributed by atoms with Crippen LogP contribution in [0.2, 0.25) is 0 Å². The number of rotatable bonds is 4. The maximum atomic E-state index is 12.0. The van der Waals surface area contributed by atoms with Gasteiger partial charge in [0.2, 0.25) is 0 Å². The minimum atomic E-state index is -0.491. The van der Waals surface area contributed by atoms with E-state index in [-0.39, 0.29) is 12.1 Å². The summed E-state index contributed by atoms with van der Waals surface area (Å²) in [7, 11) is 0. The average molecular weight is 434 g/mol. The van der Waals surface area contributed by atoms with Crippen LogP contribution in [0.1, 0.15) is 20.8 Å². The van der Waals surface area contributed by atoms with Crippen LogP contribution in [0, 0.1) is 0 Å². The van der Waals surface area contributed by atoms with Crippen molar-refractivity contribution < 1.29 is 14.3 Å². The molecule has 0 aromatic heterocycles. The molecule has 0 unspecified atom stereocenters. The second-order valence-electron chi connectivity index (χ2n) is 7.48. The molecule has 1 heterocycles. The number of hydrogen-bond donors (Lipinski definition) is 2. The SMILES string of the molecule is CC(C)(C)OC(=O)N1CC(Nc2ccc(Br)c(Oc3ccccc3)c2N)C1. The summed E-state index contributed by atoms with van der Waals surface area (Å²) in [6.45, 7) is 6.71. The highest BCUT2D eigenvalue weighted by atomic mass is 79.9. The third-order valence-electron chi connectivity index (χ3n) is 4.00. The van der Waals surface area contributed by atoms with E-state index in [1.165, 1.54) is 0 Å². The molecule has 3 rings (SSSR count). The van der Waals surface area contributed by atoms with Crippen molar-refractivity contribution in [3.63, 3.8) is 0 Å². The minimum Gasteiger partial charge on any atom is -0.454 e. The minimum absolute atomic E-state index is 0.116. The summed E-state index contributed by atoms with van der Waals surface area (Å²) in [6.07, 6.45) is -0.294. The fourth-order valence-corrected chi connectivity index (χ4v) is 3.10. The number of nitrogens with one attached hydrogen (secondary N) is 1. The van der Waals surface area contributed by atoms with Crippen LogP contribution in [0.3, 0.4) is 0 Å². The standard InChI is InChI=1S/C20H24BrN3O3/c1-20(2,3)27-19(25)24-11-13(12-24)23-16-10-9-15(21)18(17(16)22)26-14-7-5-4-6-8-14/h4-10,13,23H,11-12,22H2,1-3H3. The van der Waals surface area contributed by atoms with Gasteiger partial charge in [0.05, 0.1) is 21.9 Å². The molecule has 0 bridgehead atoms. The van der Waals surface area contributed by atoms with E-state index in [9.17, 15) is 4.79 Å². The zero-order valence-electron chi connectivity index (χ0n) is 15.7. The van der Waals surface area contributed by atoms with Crippen LogP contribution < -0.4 is 15.8 Å². The van der Waals surface area contributed by atoms with E-state index in [1.54, 1.807) is 4.90 Å². The number of nitrogen functional groups attached to an aromatic ring is 1. The first-order chi connectivity index (χ1) is 12.7. The van der Waals surface area contributed by atoms with E-state index in [0.29, 0.717) is 30.3 Å². The number of likely N-dealkylation sites (tertiary alicyclic amines) is 1. The Kier molecular flexibility index (Phi) is 5.51. The Morgan fingerprint density at radius 1 is 1.19 bits per heavy atom. The molecule has 0 aliphatic carbocycles. The molecule has 2 aromatic carbocycles. The van der Waals surface area contributed by atoms with Gasteiger partial charge in [-0.25, -0.2) is 4.79 Å². The fraction of sp³-hybridized carbons (Fsp3) is 0.350. The van der Waals surface area contributed by atoms with Crippen LogP contribution in [0.15, 0.2) is 46.9 Å². The largest absolute Gasteiger partial charge is 0.454 e. The molecule has 1 aliphatic heterocycles. The van der Waals surface area contributed by atoms with Crippen LogP contribution in [0.25, 0.3) is 0 Å². The molecule has 2 aromatic rings. The maximum Gasteiger partial charge on any atom is 0.410 e. The number of nitrogens with two attached hydrogens (primary N) is 1. The molecule has 1 amide bonds. The Morgan fingerprint density at radius 2 is 1.85 bits per heavy atom. The molecular formula is C20H24BrN3O3. The van der Waals surface area contributed by atoms with Gasteiger partial charge in [0.15, 0.2) is 5.75 Å². The molecule has 3 N–H and O–H groups in total. The van der Waals surface area contributed by atoms with Crippen LogP contribution in [0.5, 0.6) is 11.5 Å². The number of benzene rings is 2. The smallest absolute Gasteiger partial charge is 0.410 e.